The number of allylic oxidation sites excluding steroid dienone is 2. The Morgan fingerprint density at radius 2 is 1.84 bits per heavy atom. The minimum Gasteiger partial charge on any atom is -0.393 e. The topological polar surface area (TPSA) is 53.4 Å². The van der Waals surface area contributed by atoms with Crippen molar-refractivity contribution in [3.05, 3.63) is 35.4 Å². The van der Waals surface area contributed by atoms with E-state index in [0.29, 0.717) is 29.9 Å². The van der Waals surface area contributed by atoms with Crippen LogP contribution in [0.4, 0.5) is 10.1 Å². The second-order valence-electron chi connectivity index (χ2n) is 14.5. The van der Waals surface area contributed by atoms with Crippen LogP contribution in [-0.2, 0) is 4.79 Å². The van der Waals surface area contributed by atoms with Crippen molar-refractivity contribution in [2.24, 2.45) is 39.4 Å². The summed E-state index contributed by atoms with van der Waals surface area (Å²) in [4.78, 5) is 18.2. The lowest BCUT2D eigenvalue weighted by Gasteiger charge is -2.62. The van der Waals surface area contributed by atoms with Gasteiger partial charge in [0.15, 0.2) is 5.82 Å². The average Bonchev–Trinajstić information content (AvgIpc) is 3.16. The third-order valence-electron chi connectivity index (χ3n) is 12.8. The van der Waals surface area contributed by atoms with Gasteiger partial charge in [-0.3, -0.25) is 9.78 Å². The molecule has 4 nitrogen and oxygen atoms in total. The number of carbonyl (C=O) groups excluding carboxylic acids is 1. The molecule has 0 radical (unpaired) electrons. The Balaban J connectivity index is 1.34. The monoisotopic (exact) mass is 524 g/mol. The molecule has 5 rings (SSSR count). The number of halogens is 1. The second-order valence-corrected chi connectivity index (χ2v) is 14.5. The molecule has 1 heterocycles. The van der Waals surface area contributed by atoms with Crippen molar-refractivity contribution >= 4 is 11.6 Å². The molecular formula is C33H49FN2O2. The zero-order chi connectivity index (χ0) is 27.7. The first-order valence-electron chi connectivity index (χ1n) is 15.0. The third-order valence-corrected chi connectivity index (χ3v) is 12.8. The normalized spacial score (nSPS) is 38.7. The lowest BCUT2D eigenvalue weighted by molar-refractivity contribution is -0.118. The maximum absolute atomic E-state index is 14.2. The van der Waals surface area contributed by atoms with Crippen molar-refractivity contribution < 1.29 is 14.3 Å². The van der Waals surface area contributed by atoms with Gasteiger partial charge in [0, 0.05) is 19.7 Å². The summed E-state index contributed by atoms with van der Waals surface area (Å²) >= 11 is 0. The van der Waals surface area contributed by atoms with E-state index in [0.717, 1.165) is 25.5 Å². The molecule has 2 saturated carbocycles. The molecule has 38 heavy (non-hydrogen) atoms. The van der Waals surface area contributed by atoms with Crippen LogP contribution >= 0.6 is 0 Å². The van der Waals surface area contributed by atoms with Crippen molar-refractivity contribution in [3.8, 4) is 0 Å². The first-order chi connectivity index (χ1) is 17.8. The van der Waals surface area contributed by atoms with E-state index < -0.39 is 5.82 Å². The fourth-order valence-corrected chi connectivity index (χ4v) is 10.1. The maximum Gasteiger partial charge on any atom is 0.226 e. The van der Waals surface area contributed by atoms with E-state index in [-0.39, 0.29) is 33.7 Å². The molecule has 210 valence electrons. The predicted octanol–water partition coefficient (Wildman–Crippen LogP) is 7.71. The number of hydrogen-bond donors (Lipinski definition) is 1. The Bertz CT molecular complexity index is 1130. The highest BCUT2D eigenvalue weighted by Crippen LogP contribution is 2.72. The Morgan fingerprint density at radius 1 is 1.11 bits per heavy atom. The molecule has 4 aliphatic rings. The summed E-state index contributed by atoms with van der Waals surface area (Å²) in [5.74, 6) is 1.09. The Hall–Kier alpha value is -1.75. The van der Waals surface area contributed by atoms with Crippen molar-refractivity contribution in [1.29, 1.82) is 0 Å². The molecule has 1 aromatic rings. The molecule has 1 N–H and O–H groups in total. The van der Waals surface area contributed by atoms with E-state index in [1.54, 1.807) is 24.3 Å². The van der Waals surface area contributed by atoms with E-state index in [4.69, 9.17) is 0 Å². The van der Waals surface area contributed by atoms with Gasteiger partial charge in [0.05, 0.1) is 18.0 Å². The number of aromatic nitrogens is 1. The molecule has 0 unspecified atom stereocenters. The number of aliphatic hydroxyl groups is 1. The quantitative estimate of drug-likeness (QED) is 0.401. The average molecular weight is 525 g/mol. The standard InChI is InChI=1S/C33H49FN2O2/c1-21(8-11-29(38)36(7)26-15-19-35-20-25(26)34)22-12-17-33(6)24-9-10-27-30(2,3)28(37)14-16-31(27,4)23(24)13-18-32(22,33)5/h15,19-22,27-28,37H,8-14,16-18H2,1-7H3/t21-,22-,27+,28+,31-,32-,33+/m1/s1. The summed E-state index contributed by atoms with van der Waals surface area (Å²) in [6, 6.07) is 1.57. The van der Waals surface area contributed by atoms with Crippen molar-refractivity contribution in [3.63, 3.8) is 0 Å². The van der Waals surface area contributed by atoms with Crippen LogP contribution in [0.15, 0.2) is 29.6 Å². The Labute approximate surface area is 229 Å². The van der Waals surface area contributed by atoms with Crippen molar-refractivity contribution in [2.45, 2.75) is 112 Å². The molecule has 1 aromatic heterocycles. The van der Waals surface area contributed by atoms with Gasteiger partial charge in [0.1, 0.15) is 0 Å². The highest BCUT2D eigenvalue weighted by atomic mass is 19.1. The Kier molecular flexibility index (Phi) is 6.89. The van der Waals surface area contributed by atoms with E-state index >= 15 is 0 Å². The summed E-state index contributed by atoms with van der Waals surface area (Å²) in [6.07, 6.45) is 13.0. The number of amides is 1. The van der Waals surface area contributed by atoms with Gasteiger partial charge in [-0.2, -0.15) is 0 Å². The van der Waals surface area contributed by atoms with Crippen LogP contribution in [0.1, 0.15) is 106 Å². The summed E-state index contributed by atoms with van der Waals surface area (Å²) in [6.45, 7) is 14.6. The van der Waals surface area contributed by atoms with Crippen LogP contribution in [-0.4, -0.2) is 29.1 Å². The molecule has 0 aliphatic heterocycles. The minimum absolute atomic E-state index is 0.0290. The molecule has 0 aromatic carbocycles. The van der Waals surface area contributed by atoms with Crippen molar-refractivity contribution in [1.82, 2.24) is 4.98 Å². The highest BCUT2D eigenvalue weighted by Gasteiger charge is 2.63. The molecule has 7 atom stereocenters. The fourth-order valence-electron chi connectivity index (χ4n) is 10.1. The van der Waals surface area contributed by atoms with Gasteiger partial charge in [-0.15, -0.1) is 0 Å². The number of aliphatic hydroxyl groups excluding tert-OH is 1. The smallest absolute Gasteiger partial charge is 0.226 e. The van der Waals surface area contributed by atoms with Gasteiger partial charge in [0.2, 0.25) is 5.91 Å². The minimum atomic E-state index is -0.457. The molecular weight excluding hydrogens is 475 g/mol. The van der Waals surface area contributed by atoms with Gasteiger partial charge in [0.25, 0.3) is 0 Å². The number of pyridine rings is 1. The number of fused-ring (bicyclic) bond motifs is 4. The second kappa shape index (κ2) is 9.42. The van der Waals surface area contributed by atoms with E-state index in [1.807, 2.05) is 0 Å². The molecule has 4 aliphatic carbocycles. The van der Waals surface area contributed by atoms with E-state index in [2.05, 4.69) is 46.5 Å². The van der Waals surface area contributed by atoms with Gasteiger partial charge in [-0.05, 0) is 103 Å². The lowest BCUT2D eigenvalue weighted by atomic mass is 9.43. The largest absolute Gasteiger partial charge is 0.393 e. The number of anilines is 1. The van der Waals surface area contributed by atoms with Crippen LogP contribution in [0, 0.1) is 45.2 Å². The maximum atomic E-state index is 14.2. The lowest BCUT2D eigenvalue weighted by Crippen LogP contribution is -2.55. The van der Waals surface area contributed by atoms with Crippen LogP contribution in [0.25, 0.3) is 0 Å². The first kappa shape index (κ1) is 27.8. The molecule has 0 bridgehead atoms. The summed E-state index contributed by atoms with van der Waals surface area (Å²) in [7, 11) is 1.66. The molecule has 0 spiro atoms. The SMILES string of the molecule is C[C@H](CCC(=O)N(C)c1ccncc1F)[C@H]1CC[C@@]2(C)C3=C(CC[C@]12C)[C@@]1(C)CC[C@H](O)C(C)(C)[C@@H]1CC3. The molecule has 0 saturated heterocycles. The summed E-state index contributed by atoms with van der Waals surface area (Å²) in [5, 5.41) is 10.9. The number of rotatable bonds is 5. The van der Waals surface area contributed by atoms with Crippen molar-refractivity contribution in [2.75, 3.05) is 11.9 Å². The summed E-state index contributed by atoms with van der Waals surface area (Å²) in [5.41, 5.74) is 4.45. The summed E-state index contributed by atoms with van der Waals surface area (Å²) < 4.78 is 14.2. The number of nitrogens with zero attached hydrogens (tertiary/aromatic N) is 2. The first-order valence-corrected chi connectivity index (χ1v) is 15.0. The number of carbonyl (C=O) groups is 1. The zero-order valence-corrected chi connectivity index (χ0v) is 24.7. The molecule has 5 heteroatoms. The fraction of sp³-hybridized carbons (Fsp3) is 0.758. The Morgan fingerprint density at radius 3 is 2.55 bits per heavy atom. The molecule has 2 fully saturated rings. The van der Waals surface area contributed by atoms with Gasteiger partial charge >= 0.3 is 0 Å². The van der Waals surface area contributed by atoms with Gasteiger partial charge in [-0.25, -0.2) is 4.39 Å². The molecule has 1 amide bonds. The van der Waals surface area contributed by atoms with Crippen LogP contribution in [0.2, 0.25) is 0 Å². The van der Waals surface area contributed by atoms with Gasteiger partial charge < -0.3 is 10.0 Å². The van der Waals surface area contributed by atoms with Crippen LogP contribution in [0.3, 0.4) is 0 Å². The highest BCUT2D eigenvalue weighted by molar-refractivity contribution is 5.92. The zero-order valence-electron chi connectivity index (χ0n) is 24.7. The van der Waals surface area contributed by atoms with E-state index in [1.165, 1.54) is 49.6 Å². The van der Waals surface area contributed by atoms with Crippen LogP contribution < -0.4 is 4.90 Å². The van der Waals surface area contributed by atoms with Crippen LogP contribution in [0.5, 0.6) is 0 Å². The third kappa shape index (κ3) is 3.92. The van der Waals surface area contributed by atoms with Gasteiger partial charge in [-0.1, -0.05) is 52.7 Å². The van der Waals surface area contributed by atoms with E-state index in [9.17, 15) is 14.3 Å². The predicted molar refractivity (Wildman–Crippen MR) is 151 cm³/mol. The number of hydrogen-bond acceptors (Lipinski definition) is 3.